The quantitative estimate of drug-likeness (QED) is 0.878. The van der Waals surface area contributed by atoms with Crippen molar-refractivity contribution < 1.29 is 9.18 Å². The number of hydrogen-bond donors (Lipinski definition) is 2. The lowest BCUT2D eigenvalue weighted by Crippen LogP contribution is -2.45. The number of carbonyl (C=O) groups is 1. The third-order valence-corrected chi connectivity index (χ3v) is 3.30. The summed E-state index contributed by atoms with van der Waals surface area (Å²) in [5.74, 6) is -0.843. The van der Waals surface area contributed by atoms with Crippen molar-refractivity contribution in [1.29, 1.82) is 0 Å². The second-order valence-electron chi connectivity index (χ2n) is 4.14. The molecular formula is C12H14BrFN2O. The number of piperidine rings is 1. The maximum atomic E-state index is 13.5. The molecule has 0 unspecified atom stereocenters. The Kier molecular flexibility index (Phi) is 4.12. The molecule has 2 rings (SSSR count). The van der Waals surface area contributed by atoms with E-state index >= 15 is 0 Å². The van der Waals surface area contributed by atoms with Crippen molar-refractivity contribution in [2.45, 2.75) is 18.9 Å². The molecule has 1 aliphatic rings. The van der Waals surface area contributed by atoms with Crippen molar-refractivity contribution in [2.24, 2.45) is 0 Å². The number of benzene rings is 1. The highest BCUT2D eigenvalue weighted by Gasteiger charge is 2.18. The summed E-state index contributed by atoms with van der Waals surface area (Å²) >= 11 is 3.16. The standard InChI is InChI=1S/C12H14BrFN2O/c13-8-3-4-10(11(14)6-8)12(17)16-9-2-1-5-15-7-9/h3-4,6,9,15H,1-2,5,7H2,(H,16,17)/t9-/m0/s1. The third-order valence-electron chi connectivity index (χ3n) is 2.81. The van der Waals surface area contributed by atoms with Gasteiger partial charge in [-0.25, -0.2) is 4.39 Å². The molecular weight excluding hydrogens is 287 g/mol. The summed E-state index contributed by atoms with van der Waals surface area (Å²) in [6, 6.07) is 4.55. The van der Waals surface area contributed by atoms with Crippen LogP contribution in [0, 0.1) is 5.82 Å². The Morgan fingerprint density at radius 1 is 1.53 bits per heavy atom. The lowest BCUT2D eigenvalue weighted by Gasteiger charge is -2.23. The number of nitrogens with one attached hydrogen (secondary N) is 2. The average Bonchev–Trinajstić information content (AvgIpc) is 2.30. The van der Waals surface area contributed by atoms with Crippen LogP contribution in [0.3, 0.4) is 0 Å². The fraction of sp³-hybridized carbons (Fsp3) is 0.417. The molecule has 0 aliphatic carbocycles. The Bertz CT molecular complexity index is 419. The molecule has 0 bridgehead atoms. The first-order chi connectivity index (χ1) is 8.16. The van der Waals surface area contributed by atoms with Crippen LogP contribution in [0.1, 0.15) is 23.2 Å². The van der Waals surface area contributed by atoms with Crippen LogP contribution in [-0.4, -0.2) is 25.0 Å². The molecule has 1 aromatic carbocycles. The molecule has 5 heteroatoms. The zero-order valence-electron chi connectivity index (χ0n) is 9.30. The van der Waals surface area contributed by atoms with E-state index in [9.17, 15) is 9.18 Å². The summed E-state index contributed by atoms with van der Waals surface area (Å²) in [5, 5.41) is 6.04. The predicted molar refractivity (Wildman–Crippen MR) is 67.5 cm³/mol. The van der Waals surface area contributed by atoms with Gasteiger partial charge in [-0.3, -0.25) is 4.79 Å². The lowest BCUT2D eigenvalue weighted by atomic mass is 10.1. The van der Waals surface area contributed by atoms with Crippen molar-refractivity contribution in [1.82, 2.24) is 10.6 Å². The summed E-state index contributed by atoms with van der Waals surface area (Å²) < 4.78 is 14.2. The molecule has 1 amide bonds. The molecule has 2 N–H and O–H groups in total. The van der Waals surface area contributed by atoms with Gasteiger partial charge in [0.2, 0.25) is 0 Å². The van der Waals surface area contributed by atoms with Crippen molar-refractivity contribution in [3.63, 3.8) is 0 Å². The summed E-state index contributed by atoms with van der Waals surface area (Å²) in [6.45, 7) is 1.74. The first kappa shape index (κ1) is 12.5. The SMILES string of the molecule is O=C(N[C@H]1CCCNC1)c1ccc(Br)cc1F. The molecule has 0 aromatic heterocycles. The molecule has 92 valence electrons. The maximum absolute atomic E-state index is 13.5. The second-order valence-corrected chi connectivity index (χ2v) is 5.06. The smallest absolute Gasteiger partial charge is 0.254 e. The fourth-order valence-corrected chi connectivity index (χ4v) is 2.24. The Hall–Kier alpha value is -0.940. The van der Waals surface area contributed by atoms with Crippen LogP contribution in [0.4, 0.5) is 4.39 Å². The summed E-state index contributed by atoms with van der Waals surface area (Å²) in [6.07, 6.45) is 1.98. The van der Waals surface area contributed by atoms with Gasteiger partial charge in [0, 0.05) is 17.1 Å². The van der Waals surface area contributed by atoms with Crippen LogP contribution < -0.4 is 10.6 Å². The minimum atomic E-state index is -0.499. The van der Waals surface area contributed by atoms with Gasteiger partial charge >= 0.3 is 0 Å². The van der Waals surface area contributed by atoms with Gasteiger partial charge in [0.15, 0.2) is 0 Å². The normalized spacial score (nSPS) is 20.0. The van der Waals surface area contributed by atoms with E-state index < -0.39 is 5.82 Å². The minimum absolute atomic E-state index is 0.0961. The van der Waals surface area contributed by atoms with E-state index in [1.165, 1.54) is 12.1 Å². The zero-order valence-corrected chi connectivity index (χ0v) is 10.9. The van der Waals surface area contributed by atoms with E-state index in [-0.39, 0.29) is 17.5 Å². The Morgan fingerprint density at radius 2 is 2.35 bits per heavy atom. The van der Waals surface area contributed by atoms with Gasteiger partial charge in [0.1, 0.15) is 5.82 Å². The molecule has 0 spiro atoms. The van der Waals surface area contributed by atoms with E-state index in [0.717, 1.165) is 25.9 Å². The van der Waals surface area contributed by atoms with Crippen molar-refractivity contribution in [3.05, 3.63) is 34.1 Å². The zero-order chi connectivity index (χ0) is 12.3. The highest BCUT2D eigenvalue weighted by Crippen LogP contribution is 2.15. The number of halogens is 2. The topological polar surface area (TPSA) is 41.1 Å². The molecule has 0 radical (unpaired) electrons. The van der Waals surface area contributed by atoms with Gasteiger partial charge in [-0.15, -0.1) is 0 Å². The first-order valence-electron chi connectivity index (χ1n) is 5.63. The Balaban J connectivity index is 2.03. The summed E-state index contributed by atoms with van der Waals surface area (Å²) in [4.78, 5) is 11.9. The van der Waals surface area contributed by atoms with Crippen molar-refractivity contribution in [2.75, 3.05) is 13.1 Å². The average molecular weight is 301 g/mol. The maximum Gasteiger partial charge on any atom is 0.254 e. The molecule has 1 aromatic rings. The Labute approximate surface area is 108 Å². The van der Waals surface area contributed by atoms with Crippen LogP contribution in [0.25, 0.3) is 0 Å². The van der Waals surface area contributed by atoms with Gasteiger partial charge in [-0.1, -0.05) is 15.9 Å². The Morgan fingerprint density at radius 3 is 3.00 bits per heavy atom. The lowest BCUT2D eigenvalue weighted by molar-refractivity contribution is 0.0926. The summed E-state index contributed by atoms with van der Waals surface area (Å²) in [5.41, 5.74) is 0.0961. The van der Waals surface area contributed by atoms with Gasteiger partial charge in [0.25, 0.3) is 5.91 Å². The van der Waals surface area contributed by atoms with E-state index in [4.69, 9.17) is 0 Å². The largest absolute Gasteiger partial charge is 0.348 e. The molecule has 1 heterocycles. The van der Waals surface area contributed by atoms with Crippen LogP contribution in [0.5, 0.6) is 0 Å². The van der Waals surface area contributed by atoms with Crippen molar-refractivity contribution in [3.8, 4) is 0 Å². The molecule has 17 heavy (non-hydrogen) atoms. The second kappa shape index (κ2) is 5.60. The molecule has 1 fully saturated rings. The number of carbonyl (C=O) groups excluding carboxylic acids is 1. The van der Waals surface area contributed by atoms with Crippen LogP contribution in [-0.2, 0) is 0 Å². The van der Waals surface area contributed by atoms with E-state index in [2.05, 4.69) is 26.6 Å². The first-order valence-corrected chi connectivity index (χ1v) is 6.43. The van der Waals surface area contributed by atoms with Gasteiger partial charge in [-0.05, 0) is 37.6 Å². The molecule has 0 saturated carbocycles. The van der Waals surface area contributed by atoms with Crippen LogP contribution in [0.2, 0.25) is 0 Å². The van der Waals surface area contributed by atoms with Gasteiger partial charge in [0.05, 0.1) is 5.56 Å². The molecule has 3 nitrogen and oxygen atoms in total. The molecule has 1 aliphatic heterocycles. The summed E-state index contributed by atoms with van der Waals surface area (Å²) in [7, 11) is 0. The van der Waals surface area contributed by atoms with Crippen LogP contribution >= 0.6 is 15.9 Å². The predicted octanol–water partition coefficient (Wildman–Crippen LogP) is 2.07. The minimum Gasteiger partial charge on any atom is -0.348 e. The number of rotatable bonds is 2. The molecule has 1 saturated heterocycles. The monoisotopic (exact) mass is 300 g/mol. The number of amides is 1. The van der Waals surface area contributed by atoms with E-state index in [0.29, 0.717) is 4.47 Å². The highest BCUT2D eigenvalue weighted by molar-refractivity contribution is 9.10. The third kappa shape index (κ3) is 3.26. The van der Waals surface area contributed by atoms with E-state index in [1.807, 2.05) is 0 Å². The van der Waals surface area contributed by atoms with E-state index in [1.54, 1.807) is 6.07 Å². The highest BCUT2D eigenvalue weighted by atomic mass is 79.9. The van der Waals surface area contributed by atoms with Crippen LogP contribution in [0.15, 0.2) is 22.7 Å². The van der Waals surface area contributed by atoms with Gasteiger partial charge < -0.3 is 10.6 Å². The number of hydrogen-bond acceptors (Lipinski definition) is 2. The molecule has 1 atom stereocenters. The van der Waals surface area contributed by atoms with Crippen molar-refractivity contribution >= 4 is 21.8 Å². The fourth-order valence-electron chi connectivity index (χ4n) is 1.91. The van der Waals surface area contributed by atoms with Gasteiger partial charge in [-0.2, -0.15) is 0 Å².